The summed E-state index contributed by atoms with van der Waals surface area (Å²) in [5.74, 6) is -0.816. The van der Waals surface area contributed by atoms with Crippen molar-refractivity contribution in [1.82, 2.24) is 0 Å². The van der Waals surface area contributed by atoms with Crippen molar-refractivity contribution in [2.75, 3.05) is 7.11 Å². The van der Waals surface area contributed by atoms with Gasteiger partial charge in [0.25, 0.3) is 0 Å². The van der Waals surface area contributed by atoms with E-state index in [2.05, 4.69) is 6.92 Å². The number of unbranched alkanes of at least 4 members (excludes halogenated alkanes) is 2. The zero-order valence-corrected chi connectivity index (χ0v) is 16.1. The Bertz CT molecular complexity index is 583. The zero-order valence-electron chi connectivity index (χ0n) is 16.1. The third kappa shape index (κ3) is 3.02. The third-order valence-corrected chi connectivity index (χ3v) is 6.81. The SMILES string of the molecule is CCCCC[C@@]12C[C@@H]3O[C@@H]4[C@@H](O[C@H]5CC[C@H](CC(=O)OC)O[C@@H]5[C@@H]4O1)[C@H]3O2. The van der Waals surface area contributed by atoms with E-state index in [1.165, 1.54) is 20.0 Å². The fraction of sp³-hybridized carbons (Fsp3) is 0.950. The van der Waals surface area contributed by atoms with E-state index in [0.29, 0.717) is 0 Å². The Hall–Kier alpha value is -0.730. The molecule has 0 aromatic rings. The number of hydrogen-bond acceptors (Lipinski definition) is 7. The summed E-state index contributed by atoms with van der Waals surface area (Å²) in [6.45, 7) is 2.20. The van der Waals surface area contributed by atoms with E-state index in [-0.39, 0.29) is 61.2 Å². The molecule has 27 heavy (non-hydrogen) atoms. The molecular weight excluding hydrogens is 352 g/mol. The highest BCUT2D eigenvalue weighted by atomic mass is 16.8. The number of carbonyl (C=O) groups excluding carboxylic acids is 1. The predicted molar refractivity (Wildman–Crippen MR) is 93.1 cm³/mol. The summed E-state index contributed by atoms with van der Waals surface area (Å²) >= 11 is 0. The molecule has 6 aliphatic rings. The highest BCUT2D eigenvalue weighted by Crippen LogP contribution is 2.53. The van der Waals surface area contributed by atoms with Crippen LogP contribution in [0.25, 0.3) is 0 Å². The standard InChI is InChI=1S/C20H30O7/c1-3-4-5-8-20-10-13-16(26-20)17-18(25-13)19(27-20)15-12(24-17)7-6-11(23-15)9-14(21)22-2/h11-13,15-19H,3-10H2,1-2H3/t11-,12+,13+,15+,16+,17+,18-,19+,20+/m1/s1. The van der Waals surface area contributed by atoms with Crippen molar-refractivity contribution in [2.24, 2.45) is 0 Å². The van der Waals surface area contributed by atoms with E-state index >= 15 is 0 Å². The van der Waals surface area contributed by atoms with Crippen molar-refractivity contribution in [2.45, 2.75) is 113 Å². The molecule has 6 aliphatic heterocycles. The molecule has 6 rings (SSSR count). The highest BCUT2D eigenvalue weighted by Gasteiger charge is 2.68. The van der Waals surface area contributed by atoms with Crippen molar-refractivity contribution in [3.63, 3.8) is 0 Å². The minimum absolute atomic E-state index is 0.0249. The minimum Gasteiger partial charge on any atom is -0.469 e. The summed E-state index contributed by atoms with van der Waals surface area (Å²) in [6.07, 6.45) is 6.19. The highest BCUT2D eigenvalue weighted by molar-refractivity contribution is 5.69. The lowest BCUT2D eigenvalue weighted by molar-refractivity contribution is -0.292. The molecule has 0 aromatic carbocycles. The second kappa shape index (κ2) is 6.95. The van der Waals surface area contributed by atoms with Gasteiger partial charge in [-0.1, -0.05) is 19.8 Å². The molecule has 6 heterocycles. The van der Waals surface area contributed by atoms with Gasteiger partial charge in [0.2, 0.25) is 0 Å². The van der Waals surface area contributed by atoms with Gasteiger partial charge in [-0.15, -0.1) is 0 Å². The van der Waals surface area contributed by atoms with Gasteiger partial charge in [-0.05, 0) is 19.3 Å². The molecule has 0 spiro atoms. The molecule has 0 amide bonds. The average Bonchev–Trinajstić information content (AvgIpc) is 3.07. The average molecular weight is 382 g/mol. The van der Waals surface area contributed by atoms with Gasteiger partial charge >= 0.3 is 5.97 Å². The lowest BCUT2D eigenvalue weighted by Crippen LogP contribution is -2.61. The lowest BCUT2D eigenvalue weighted by Gasteiger charge is -2.47. The molecule has 6 bridgehead atoms. The number of fused-ring (bicyclic) bond motifs is 1. The fourth-order valence-electron chi connectivity index (χ4n) is 5.54. The van der Waals surface area contributed by atoms with Crippen LogP contribution in [-0.4, -0.2) is 67.7 Å². The van der Waals surface area contributed by atoms with Crippen LogP contribution in [0.2, 0.25) is 0 Å². The predicted octanol–water partition coefficient (Wildman–Crippen LogP) is 2.10. The Morgan fingerprint density at radius 3 is 2.56 bits per heavy atom. The first-order valence-corrected chi connectivity index (χ1v) is 10.5. The number of carbonyl (C=O) groups is 1. The topological polar surface area (TPSA) is 72.5 Å². The van der Waals surface area contributed by atoms with Crippen LogP contribution in [0.15, 0.2) is 0 Å². The molecule has 0 aliphatic carbocycles. The van der Waals surface area contributed by atoms with E-state index in [1.807, 2.05) is 0 Å². The molecule has 0 N–H and O–H groups in total. The van der Waals surface area contributed by atoms with Crippen LogP contribution in [0, 0.1) is 0 Å². The summed E-state index contributed by atoms with van der Waals surface area (Å²) < 4.78 is 36.9. The van der Waals surface area contributed by atoms with Crippen molar-refractivity contribution >= 4 is 5.97 Å². The Balaban J connectivity index is 1.36. The molecule has 9 atom stereocenters. The second-order valence-electron chi connectivity index (χ2n) is 8.60. The van der Waals surface area contributed by atoms with E-state index in [9.17, 15) is 4.79 Å². The molecule has 6 fully saturated rings. The number of esters is 1. The quantitative estimate of drug-likeness (QED) is 0.514. The molecule has 152 valence electrons. The smallest absolute Gasteiger partial charge is 0.308 e. The van der Waals surface area contributed by atoms with Crippen LogP contribution in [-0.2, 0) is 33.2 Å². The minimum atomic E-state index is -0.574. The Morgan fingerprint density at radius 1 is 0.963 bits per heavy atom. The lowest BCUT2D eigenvalue weighted by atomic mass is 9.87. The summed E-state index contributed by atoms with van der Waals surface area (Å²) in [7, 11) is 1.41. The van der Waals surface area contributed by atoms with Gasteiger partial charge in [-0.3, -0.25) is 4.79 Å². The largest absolute Gasteiger partial charge is 0.469 e. The number of hydrogen-bond donors (Lipinski definition) is 0. The van der Waals surface area contributed by atoms with Crippen LogP contribution in [0.4, 0.5) is 0 Å². The Labute approximate surface area is 159 Å². The normalized spacial score (nSPS) is 49.7. The molecule has 7 nitrogen and oxygen atoms in total. The van der Waals surface area contributed by atoms with Gasteiger partial charge < -0.3 is 28.4 Å². The van der Waals surface area contributed by atoms with E-state index in [0.717, 1.165) is 32.1 Å². The molecule has 0 aromatic heterocycles. The van der Waals surface area contributed by atoms with Crippen LogP contribution in [0.3, 0.4) is 0 Å². The monoisotopic (exact) mass is 382 g/mol. The van der Waals surface area contributed by atoms with E-state index < -0.39 is 5.79 Å². The zero-order chi connectivity index (χ0) is 18.6. The summed E-state index contributed by atoms with van der Waals surface area (Å²) in [4.78, 5) is 11.7. The maximum Gasteiger partial charge on any atom is 0.308 e. The summed E-state index contributed by atoms with van der Waals surface area (Å²) in [5, 5.41) is 0. The summed E-state index contributed by atoms with van der Waals surface area (Å²) in [5.41, 5.74) is 0. The van der Waals surface area contributed by atoms with Crippen molar-refractivity contribution in [3.05, 3.63) is 0 Å². The molecule has 0 saturated carbocycles. The van der Waals surface area contributed by atoms with Crippen LogP contribution < -0.4 is 0 Å². The first kappa shape index (κ1) is 18.3. The maximum absolute atomic E-state index is 11.7. The molecule has 6 saturated heterocycles. The van der Waals surface area contributed by atoms with E-state index in [4.69, 9.17) is 28.4 Å². The van der Waals surface area contributed by atoms with Crippen LogP contribution in [0.1, 0.15) is 58.3 Å². The van der Waals surface area contributed by atoms with Crippen LogP contribution >= 0.6 is 0 Å². The van der Waals surface area contributed by atoms with Gasteiger partial charge in [0.1, 0.15) is 30.5 Å². The Kier molecular flexibility index (Phi) is 4.71. The van der Waals surface area contributed by atoms with Gasteiger partial charge in [0, 0.05) is 12.8 Å². The van der Waals surface area contributed by atoms with Gasteiger partial charge in [0.15, 0.2) is 5.79 Å². The third-order valence-electron chi connectivity index (χ3n) is 6.81. The van der Waals surface area contributed by atoms with Gasteiger partial charge in [-0.25, -0.2) is 0 Å². The number of rotatable bonds is 6. The first-order valence-electron chi connectivity index (χ1n) is 10.5. The van der Waals surface area contributed by atoms with E-state index in [1.54, 1.807) is 0 Å². The van der Waals surface area contributed by atoms with Gasteiger partial charge in [0.05, 0.1) is 31.8 Å². The van der Waals surface area contributed by atoms with Crippen molar-refractivity contribution < 1.29 is 33.2 Å². The first-order chi connectivity index (χ1) is 13.1. The van der Waals surface area contributed by atoms with Crippen LogP contribution in [0.5, 0.6) is 0 Å². The molecule has 0 radical (unpaired) electrons. The van der Waals surface area contributed by atoms with Gasteiger partial charge in [-0.2, -0.15) is 0 Å². The maximum atomic E-state index is 11.7. The number of methoxy groups -OCH3 is 1. The van der Waals surface area contributed by atoms with Crippen molar-refractivity contribution in [3.8, 4) is 0 Å². The fourth-order valence-corrected chi connectivity index (χ4v) is 5.54. The number of ether oxygens (including phenoxy) is 6. The molecule has 0 unspecified atom stereocenters. The molecular formula is C20H30O7. The molecule has 7 heteroatoms. The Morgan fingerprint density at radius 2 is 1.74 bits per heavy atom. The summed E-state index contributed by atoms with van der Waals surface area (Å²) in [6, 6.07) is 0. The van der Waals surface area contributed by atoms with Crippen molar-refractivity contribution in [1.29, 1.82) is 0 Å². The second-order valence-corrected chi connectivity index (χ2v) is 8.60.